The Kier molecular flexibility index (Phi) is 4.30. The quantitative estimate of drug-likeness (QED) is 0.678. The summed E-state index contributed by atoms with van der Waals surface area (Å²) in [4.78, 5) is 27.0. The van der Waals surface area contributed by atoms with Gasteiger partial charge < -0.3 is 9.84 Å². The van der Waals surface area contributed by atoms with Crippen LogP contribution in [0.4, 0.5) is 5.69 Å². The van der Waals surface area contributed by atoms with Crippen LogP contribution in [0.15, 0.2) is 40.6 Å². The lowest BCUT2D eigenvalue weighted by atomic mass is 9.97. The van der Waals surface area contributed by atoms with Crippen LogP contribution in [0.3, 0.4) is 0 Å². The Balaban J connectivity index is 2.15. The monoisotopic (exact) mass is 273 g/mol. The molecule has 0 atom stereocenters. The minimum absolute atomic E-state index is 0.0937. The fourth-order valence-corrected chi connectivity index (χ4v) is 1.93. The van der Waals surface area contributed by atoms with Crippen LogP contribution in [0.25, 0.3) is 0 Å². The van der Waals surface area contributed by atoms with E-state index in [2.05, 4.69) is 9.73 Å². The van der Waals surface area contributed by atoms with Crippen LogP contribution in [0.5, 0.6) is 0 Å². The standard InChI is InChI=1S/C15H15NO4/c1-20-15(19)10-5-7-11(8-6-10)16-9-12-13(17)3-2-4-14(12)18/h5-9,17H,2-4H2,1H3. The second kappa shape index (κ2) is 6.14. The molecule has 2 rings (SSSR count). The molecule has 1 N–H and O–H groups in total. The molecule has 5 heteroatoms. The first-order valence-electron chi connectivity index (χ1n) is 6.29. The number of aliphatic hydroxyl groups is 1. The molecule has 0 radical (unpaired) electrons. The predicted octanol–water partition coefficient (Wildman–Crippen LogP) is 2.74. The van der Waals surface area contributed by atoms with Gasteiger partial charge in [0, 0.05) is 19.1 Å². The van der Waals surface area contributed by atoms with E-state index in [1.165, 1.54) is 13.3 Å². The molecule has 0 amide bonds. The SMILES string of the molecule is COC(=O)c1ccc(N=CC2=C(O)CCCC2=O)cc1. The molecule has 1 aromatic rings. The number of aliphatic hydroxyl groups excluding tert-OH is 1. The Labute approximate surface area is 116 Å². The summed E-state index contributed by atoms with van der Waals surface area (Å²) in [5.74, 6) is -0.414. The van der Waals surface area contributed by atoms with Gasteiger partial charge in [0.15, 0.2) is 5.78 Å². The van der Waals surface area contributed by atoms with Gasteiger partial charge in [0.2, 0.25) is 0 Å². The van der Waals surface area contributed by atoms with Gasteiger partial charge in [-0.1, -0.05) is 0 Å². The molecule has 20 heavy (non-hydrogen) atoms. The number of aliphatic imine (C=N–C) groups is 1. The molecule has 5 nitrogen and oxygen atoms in total. The fraction of sp³-hybridized carbons (Fsp3) is 0.267. The van der Waals surface area contributed by atoms with Crippen molar-refractivity contribution in [2.75, 3.05) is 7.11 Å². The van der Waals surface area contributed by atoms with Gasteiger partial charge in [0.25, 0.3) is 0 Å². The molecular weight excluding hydrogens is 258 g/mol. The topological polar surface area (TPSA) is 76.0 Å². The van der Waals surface area contributed by atoms with Crippen molar-refractivity contribution in [2.45, 2.75) is 19.3 Å². The molecule has 0 heterocycles. The lowest BCUT2D eigenvalue weighted by molar-refractivity contribution is -0.115. The van der Waals surface area contributed by atoms with E-state index in [1.54, 1.807) is 24.3 Å². The summed E-state index contributed by atoms with van der Waals surface area (Å²) in [6.45, 7) is 0. The van der Waals surface area contributed by atoms with Gasteiger partial charge >= 0.3 is 5.97 Å². The molecule has 0 fully saturated rings. The van der Waals surface area contributed by atoms with Crippen LogP contribution in [-0.4, -0.2) is 30.2 Å². The number of nitrogens with zero attached hydrogens (tertiary/aromatic N) is 1. The van der Waals surface area contributed by atoms with E-state index in [-0.39, 0.29) is 17.1 Å². The largest absolute Gasteiger partial charge is 0.512 e. The maximum Gasteiger partial charge on any atom is 0.337 e. The summed E-state index contributed by atoms with van der Waals surface area (Å²) < 4.78 is 4.60. The Morgan fingerprint density at radius 1 is 1.30 bits per heavy atom. The highest BCUT2D eigenvalue weighted by molar-refractivity contribution is 6.14. The number of esters is 1. The number of rotatable bonds is 3. The lowest BCUT2D eigenvalue weighted by Crippen LogP contribution is -2.12. The number of carbonyl (C=O) groups excluding carboxylic acids is 2. The van der Waals surface area contributed by atoms with E-state index < -0.39 is 5.97 Å². The van der Waals surface area contributed by atoms with Crippen molar-refractivity contribution in [3.8, 4) is 0 Å². The third kappa shape index (κ3) is 3.12. The summed E-state index contributed by atoms with van der Waals surface area (Å²) in [6.07, 6.45) is 3.00. The molecule has 0 saturated carbocycles. The number of ether oxygens (including phenoxy) is 1. The molecule has 0 bridgehead atoms. The average Bonchev–Trinajstić information content (AvgIpc) is 2.46. The Morgan fingerprint density at radius 3 is 2.60 bits per heavy atom. The normalized spacial score (nSPS) is 15.8. The molecule has 0 aliphatic heterocycles. The first kappa shape index (κ1) is 14.0. The van der Waals surface area contributed by atoms with Gasteiger partial charge in [0.05, 0.1) is 23.9 Å². The van der Waals surface area contributed by atoms with Gasteiger partial charge in [-0.15, -0.1) is 0 Å². The van der Waals surface area contributed by atoms with E-state index >= 15 is 0 Å². The van der Waals surface area contributed by atoms with Crippen LogP contribution in [0, 0.1) is 0 Å². The van der Waals surface area contributed by atoms with Crippen molar-refractivity contribution in [2.24, 2.45) is 4.99 Å². The summed E-state index contributed by atoms with van der Waals surface area (Å²) in [5.41, 5.74) is 1.30. The van der Waals surface area contributed by atoms with Gasteiger partial charge in [-0.3, -0.25) is 9.79 Å². The Morgan fingerprint density at radius 2 is 2.00 bits per heavy atom. The van der Waals surface area contributed by atoms with Gasteiger partial charge in [-0.2, -0.15) is 0 Å². The van der Waals surface area contributed by atoms with Gasteiger partial charge in [0.1, 0.15) is 5.76 Å². The second-order valence-electron chi connectivity index (χ2n) is 4.43. The second-order valence-corrected chi connectivity index (χ2v) is 4.43. The first-order valence-corrected chi connectivity index (χ1v) is 6.29. The average molecular weight is 273 g/mol. The van der Waals surface area contributed by atoms with Crippen molar-refractivity contribution >= 4 is 23.7 Å². The third-order valence-corrected chi connectivity index (χ3v) is 3.06. The maximum atomic E-state index is 11.6. The van der Waals surface area contributed by atoms with Crippen LogP contribution in [-0.2, 0) is 9.53 Å². The Bertz CT molecular complexity index is 584. The molecule has 1 aromatic carbocycles. The number of allylic oxidation sites excluding steroid dienone is 2. The van der Waals surface area contributed by atoms with E-state index in [1.807, 2.05) is 0 Å². The number of carbonyl (C=O) groups is 2. The van der Waals surface area contributed by atoms with E-state index in [0.717, 1.165) is 0 Å². The van der Waals surface area contributed by atoms with Crippen LogP contribution < -0.4 is 0 Å². The number of methoxy groups -OCH3 is 1. The summed E-state index contributed by atoms with van der Waals surface area (Å²) >= 11 is 0. The predicted molar refractivity (Wildman–Crippen MR) is 74.4 cm³/mol. The molecule has 0 saturated heterocycles. The lowest BCUT2D eigenvalue weighted by Gasteiger charge is -2.11. The van der Waals surface area contributed by atoms with Crippen molar-refractivity contribution in [1.29, 1.82) is 0 Å². The number of Topliss-reactive ketones (excluding diaryl/α,β-unsaturated/α-hetero) is 1. The number of hydrogen-bond donors (Lipinski definition) is 1. The molecule has 0 spiro atoms. The summed E-state index contributed by atoms with van der Waals surface area (Å²) in [6, 6.07) is 6.48. The van der Waals surface area contributed by atoms with Crippen LogP contribution >= 0.6 is 0 Å². The zero-order chi connectivity index (χ0) is 14.5. The highest BCUT2D eigenvalue weighted by Gasteiger charge is 2.18. The summed E-state index contributed by atoms with van der Waals surface area (Å²) in [5, 5.41) is 9.67. The van der Waals surface area contributed by atoms with Crippen molar-refractivity contribution in [3.63, 3.8) is 0 Å². The number of benzene rings is 1. The van der Waals surface area contributed by atoms with Crippen LogP contribution in [0.2, 0.25) is 0 Å². The number of ketones is 1. The highest BCUT2D eigenvalue weighted by Crippen LogP contribution is 2.20. The molecule has 104 valence electrons. The first-order chi connectivity index (χ1) is 9.61. The molecule has 1 aliphatic carbocycles. The molecule has 0 unspecified atom stereocenters. The van der Waals surface area contributed by atoms with E-state index in [9.17, 15) is 14.7 Å². The highest BCUT2D eigenvalue weighted by atomic mass is 16.5. The maximum absolute atomic E-state index is 11.6. The smallest absolute Gasteiger partial charge is 0.337 e. The molecular formula is C15H15NO4. The molecule has 1 aliphatic rings. The number of hydrogen-bond acceptors (Lipinski definition) is 5. The molecule has 0 aromatic heterocycles. The van der Waals surface area contributed by atoms with Gasteiger partial charge in [-0.05, 0) is 30.7 Å². The van der Waals surface area contributed by atoms with E-state index in [4.69, 9.17) is 0 Å². The van der Waals surface area contributed by atoms with Crippen molar-refractivity contribution in [1.82, 2.24) is 0 Å². The Hall–Kier alpha value is -2.43. The van der Waals surface area contributed by atoms with E-state index in [0.29, 0.717) is 30.5 Å². The third-order valence-electron chi connectivity index (χ3n) is 3.06. The minimum Gasteiger partial charge on any atom is -0.512 e. The summed E-state index contributed by atoms with van der Waals surface area (Å²) in [7, 11) is 1.32. The zero-order valence-corrected chi connectivity index (χ0v) is 11.1. The minimum atomic E-state index is -0.414. The van der Waals surface area contributed by atoms with Crippen LogP contribution in [0.1, 0.15) is 29.6 Å². The zero-order valence-electron chi connectivity index (χ0n) is 11.1. The van der Waals surface area contributed by atoms with Gasteiger partial charge in [-0.25, -0.2) is 4.79 Å². The van der Waals surface area contributed by atoms with Crippen molar-refractivity contribution in [3.05, 3.63) is 41.2 Å². The van der Waals surface area contributed by atoms with Crippen molar-refractivity contribution < 1.29 is 19.4 Å². The fourth-order valence-electron chi connectivity index (χ4n) is 1.93.